The summed E-state index contributed by atoms with van der Waals surface area (Å²) < 4.78 is 0. The summed E-state index contributed by atoms with van der Waals surface area (Å²) in [5.74, 6) is -0.359. The second-order valence-electron chi connectivity index (χ2n) is 7.01. The third-order valence-corrected chi connectivity index (χ3v) is 5.73. The topological polar surface area (TPSA) is 79.3 Å². The first kappa shape index (κ1) is 17.8. The number of halogens is 1. The highest BCUT2D eigenvalue weighted by Crippen LogP contribution is 2.44. The van der Waals surface area contributed by atoms with Crippen LogP contribution >= 0.6 is 11.6 Å². The van der Waals surface area contributed by atoms with Gasteiger partial charge < -0.3 is 9.80 Å². The van der Waals surface area contributed by atoms with Crippen LogP contribution in [-0.4, -0.2) is 49.7 Å². The Morgan fingerprint density at radius 2 is 1.90 bits per heavy atom. The van der Waals surface area contributed by atoms with Crippen molar-refractivity contribution in [1.82, 2.24) is 24.8 Å². The quantitative estimate of drug-likeness (QED) is 0.654. The van der Waals surface area contributed by atoms with Gasteiger partial charge in [-0.15, -0.1) is 0 Å². The lowest BCUT2D eigenvalue weighted by molar-refractivity contribution is 0.00488. The lowest BCUT2D eigenvalue weighted by atomic mass is 9.88. The van der Waals surface area contributed by atoms with Gasteiger partial charge in [0.05, 0.1) is 27.5 Å². The molecule has 3 aromatic heterocycles. The Morgan fingerprint density at radius 3 is 2.66 bits per heavy atom. The summed E-state index contributed by atoms with van der Waals surface area (Å²) >= 11 is 6.05. The molecule has 0 aliphatic carbocycles. The van der Waals surface area contributed by atoms with Crippen molar-refractivity contribution in [2.75, 3.05) is 13.1 Å². The lowest BCUT2D eigenvalue weighted by Gasteiger charge is -2.46. The number of hydrogen-bond acceptors (Lipinski definition) is 5. The molecule has 29 heavy (non-hydrogen) atoms. The Balaban J connectivity index is 1.70. The van der Waals surface area contributed by atoms with Crippen molar-refractivity contribution in [2.45, 2.75) is 12.1 Å². The first-order valence-electron chi connectivity index (χ1n) is 9.21. The van der Waals surface area contributed by atoms with E-state index in [2.05, 4.69) is 15.0 Å². The molecule has 5 heterocycles. The number of carbonyl (C=O) groups is 2. The van der Waals surface area contributed by atoms with Crippen molar-refractivity contribution in [3.63, 3.8) is 0 Å². The smallest absolute Gasteiger partial charge is 0.257 e. The molecule has 5 rings (SSSR count). The molecule has 1 fully saturated rings. The summed E-state index contributed by atoms with van der Waals surface area (Å²) in [6, 6.07) is 10.5. The Morgan fingerprint density at radius 1 is 1.03 bits per heavy atom. The van der Waals surface area contributed by atoms with Crippen LogP contribution < -0.4 is 0 Å². The molecule has 0 saturated carbocycles. The Hall–Kier alpha value is -3.32. The molecule has 8 heteroatoms. The van der Waals surface area contributed by atoms with Crippen molar-refractivity contribution < 1.29 is 9.59 Å². The SMILES string of the molecule is O=C(c1cccnc1)N1CCN2C(=O)c3cccnc3C[C@]12c1ccc(Cl)cn1. The zero-order chi connectivity index (χ0) is 20.0. The van der Waals surface area contributed by atoms with E-state index in [0.29, 0.717) is 47.0 Å². The highest BCUT2D eigenvalue weighted by atomic mass is 35.5. The zero-order valence-electron chi connectivity index (χ0n) is 15.3. The van der Waals surface area contributed by atoms with Crippen LogP contribution in [0.15, 0.2) is 61.2 Å². The number of hydrogen-bond donors (Lipinski definition) is 0. The van der Waals surface area contributed by atoms with Crippen LogP contribution in [0.25, 0.3) is 0 Å². The van der Waals surface area contributed by atoms with Gasteiger partial charge in [0.25, 0.3) is 11.8 Å². The van der Waals surface area contributed by atoms with E-state index in [4.69, 9.17) is 11.6 Å². The molecule has 0 N–H and O–H groups in total. The van der Waals surface area contributed by atoms with Crippen LogP contribution in [0.4, 0.5) is 0 Å². The van der Waals surface area contributed by atoms with Gasteiger partial charge in [-0.3, -0.25) is 24.5 Å². The number of amides is 2. The van der Waals surface area contributed by atoms with Gasteiger partial charge in [0.15, 0.2) is 5.66 Å². The van der Waals surface area contributed by atoms with Gasteiger partial charge in [0.2, 0.25) is 0 Å². The molecule has 2 amide bonds. The van der Waals surface area contributed by atoms with Crippen molar-refractivity contribution in [3.8, 4) is 0 Å². The van der Waals surface area contributed by atoms with Crippen LogP contribution in [0, 0.1) is 0 Å². The van der Waals surface area contributed by atoms with E-state index in [1.807, 2.05) is 0 Å². The summed E-state index contributed by atoms with van der Waals surface area (Å²) in [7, 11) is 0. The first-order valence-corrected chi connectivity index (χ1v) is 9.59. The van der Waals surface area contributed by atoms with Crippen molar-refractivity contribution >= 4 is 23.4 Å². The van der Waals surface area contributed by atoms with Gasteiger partial charge in [-0.1, -0.05) is 11.6 Å². The molecule has 2 aliphatic heterocycles. The van der Waals surface area contributed by atoms with E-state index in [9.17, 15) is 9.59 Å². The molecule has 3 aromatic rings. The monoisotopic (exact) mass is 405 g/mol. The van der Waals surface area contributed by atoms with Gasteiger partial charge in [-0.05, 0) is 36.4 Å². The minimum absolute atomic E-state index is 0.155. The average Bonchev–Trinajstić information content (AvgIpc) is 3.15. The predicted octanol–water partition coefficient (Wildman–Crippen LogP) is 2.53. The van der Waals surface area contributed by atoms with Crippen LogP contribution in [0.1, 0.15) is 32.1 Å². The van der Waals surface area contributed by atoms with Gasteiger partial charge in [0, 0.05) is 44.3 Å². The highest BCUT2D eigenvalue weighted by Gasteiger charge is 2.57. The molecule has 1 atom stereocenters. The maximum atomic E-state index is 13.4. The Kier molecular flexibility index (Phi) is 4.06. The zero-order valence-corrected chi connectivity index (χ0v) is 16.1. The van der Waals surface area contributed by atoms with Gasteiger partial charge in [0.1, 0.15) is 0 Å². The fraction of sp³-hybridized carbons (Fsp3) is 0.190. The van der Waals surface area contributed by atoms with E-state index < -0.39 is 5.66 Å². The standard InChI is InChI=1S/C21H16ClN5O2/c22-15-5-6-18(25-13-15)21-11-17-16(4-2-8-24-17)20(29)27(21)10-9-26(21)19(28)14-3-1-7-23-12-14/h1-8,12-13H,9-11H2/t21-/m0/s1. The maximum Gasteiger partial charge on any atom is 0.257 e. The third kappa shape index (κ3) is 2.61. The summed E-state index contributed by atoms with van der Waals surface area (Å²) in [4.78, 5) is 43.2. The molecule has 1 saturated heterocycles. The summed E-state index contributed by atoms with van der Waals surface area (Å²) in [6.45, 7) is 0.793. The second-order valence-corrected chi connectivity index (χ2v) is 7.44. The minimum Gasteiger partial charge on any atom is -0.308 e. The largest absolute Gasteiger partial charge is 0.308 e. The van der Waals surface area contributed by atoms with E-state index in [1.165, 1.54) is 12.4 Å². The van der Waals surface area contributed by atoms with Crippen LogP contribution in [0.2, 0.25) is 5.02 Å². The molecule has 7 nitrogen and oxygen atoms in total. The van der Waals surface area contributed by atoms with Crippen molar-refractivity contribution in [1.29, 1.82) is 0 Å². The lowest BCUT2D eigenvalue weighted by Crippen LogP contribution is -2.59. The number of fused-ring (bicyclic) bond motifs is 2. The Bertz CT molecular complexity index is 1110. The summed E-state index contributed by atoms with van der Waals surface area (Å²) in [5.41, 5.74) is 1.20. The Labute approximate surface area is 172 Å². The van der Waals surface area contributed by atoms with E-state index in [1.54, 1.807) is 58.6 Å². The molecular weight excluding hydrogens is 390 g/mol. The van der Waals surface area contributed by atoms with Crippen LogP contribution in [0.5, 0.6) is 0 Å². The van der Waals surface area contributed by atoms with Gasteiger partial charge in [-0.25, -0.2) is 0 Å². The normalized spacial score (nSPS) is 20.4. The number of rotatable bonds is 2. The highest BCUT2D eigenvalue weighted by molar-refractivity contribution is 6.30. The minimum atomic E-state index is -1.06. The van der Waals surface area contributed by atoms with E-state index in [0.717, 1.165) is 0 Å². The van der Waals surface area contributed by atoms with Gasteiger partial charge >= 0.3 is 0 Å². The van der Waals surface area contributed by atoms with Crippen molar-refractivity contribution in [3.05, 3.63) is 88.7 Å². The fourth-order valence-electron chi connectivity index (χ4n) is 4.22. The van der Waals surface area contributed by atoms with E-state index >= 15 is 0 Å². The van der Waals surface area contributed by atoms with Crippen molar-refractivity contribution in [2.24, 2.45) is 0 Å². The summed E-state index contributed by atoms with van der Waals surface area (Å²) in [5, 5.41) is 0.487. The number of carbonyl (C=O) groups excluding carboxylic acids is 2. The number of nitrogens with zero attached hydrogens (tertiary/aromatic N) is 5. The molecule has 0 radical (unpaired) electrons. The van der Waals surface area contributed by atoms with Crippen LogP contribution in [0.3, 0.4) is 0 Å². The fourth-order valence-corrected chi connectivity index (χ4v) is 4.33. The molecule has 0 unspecified atom stereocenters. The molecule has 2 aliphatic rings. The molecule has 0 spiro atoms. The van der Waals surface area contributed by atoms with E-state index in [-0.39, 0.29) is 11.8 Å². The first-order chi connectivity index (χ1) is 14.1. The average molecular weight is 406 g/mol. The predicted molar refractivity (Wildman–Crippen MR) is 105 cm³/mol. The molecule has 0 aromatic carbocycles. The number of pyridine rings is 3. The third-order valence-electron chi connectivity index (χ3n) is 5.51. The molecule has 144 valence electrons. The van der Waals surface area contributed by atoms with Crippen LogP contribution in [-0.2, 0) is 12.1 Å². The molecule has 0 bridgehead atoms. The second kappa shape index (κ2) is 6.63. The van der Waals surface area contributed by atoms with Gasteiger partial charge in [-0.2, -0.15) is 0 Å². The maximum absolute atomic E-state index is 13.4. The molecular formula is C21H16ClN5O2. The number of aromatic nitrogens is 3. The summed E-state index contributed by atoms with van der Waals surface area (Å²) in [6.07, 6.45) is 6.70.